The number of benzene rings is 2. The van der Waals surface area contributed by atoms with Crippen molar-refractivity contribution in [1.82, 2.24) is 4.90 Å². The highest BCUT2D eigenvalue weighted by molar-refractivity contribution is 5.80. The number of ether oxygens (including phenoxy) is 2. The van der Waals surface area contributed by atoms with Crippen LogP contribution in [0.3, 0.4) is 0 Å². The molecule has 5 rings (SSSR count). The lowest BCUT2D eigenvalue weighted by molar-refractivity contribution is -0.384. The lowest BCUT2D eigenvalue weighted by Gasteiger charge is -2.36. The average Bonchev–Trinajstić information content (AvgIpc) is 3.22. The number of hydrogen-bond donors (Lipinski definition) is 0. The molecule has 0 aromatic heterocycles. The third-order valence-corrected chi connectivity index (χ3v) is 6.96. The normalized spacial score (nSPS) is 21.0. The van der Waals surface area contributed by atoms with E-state index >= 15 is 0 Å². The van der Waals surface area contributed by atoms with E-state index in [2.05, 4.69) is 6.07 Å². The highest BCUT2D eigenvalue weighted by atomic mass is 16.6. The molecule has 3 aliphatic rings. The van der Waals surface area contributed by atoms with Gasteiger partial charge in [-0.25, -0.2) is 0 Å². The van der Waals surface area contributed by atoms with Crippen LogP contribution in [-0.2, 0) is 4.79 Å². The summed E-state index contributed by atoms with van der Waals surface area (Å²) in [5.41, 5.74) is 1.86. The first-order valence-electron chi connectivity index (χ1n) is 11.8. The quantitative estimate of drug-likeness (QED) is 0.508. The van der Waals surface area contributed by atoms with Crippen molar-refractivity contribution in [2.75, 3.05) is 37.7 Å². The maximum Gasteiger partial charge on any atom is 0.292 e. The van der Waals surface area contributed by atoms with Crippen LogP contribution in [0.4, 0.5) is 11.4 Å². The molecule has 2 aromatic carbocycles. The van der Waals surface area contributed by atoms with Gasteiger partial charge in [-0.3, -0.25) is 14.9 Å². The third kappa shape index (κ3) is 4.34. The zero-order chi connectivity index (χ0) is 22.8. The summed E-state index contributed by atoms with van der Waals surface area (Å²) in [6, 6.07) is 13.0. The van der Waals surface area contributed by atoms with Crippen LogP contribution < -0.4 is 14.4 Å². The first kappa shape index (κ1) is 21.6. The summed E-state index contributed by atoms with van der Waals surface area (Å²) in [7, 11) is 0. The number of nitrogens with zero attached hydrogens (tertiary/aromatic N) is 3. The molecular formula is C25H29N3O5. The van der Waals surface area contributed by atoms with Gasteiger partial charge in [-0.1, -0.05) is 18.2 Å². The summed E-state index contributed by atoms with van der Waals surface area (Å²) in [5, 5.41) is 11.4. The molecule has 0 radical (unpaired) electrons. The van der Waals surface area contributed by atoms with Crippen molar-refractivity contribution in [3.05, 3.63) is 58.1 Å². The standard InChI is InChI=1S/C25H29N3O5/c29-25(18-10-13-26(14-11-18)21-5-1-2-6-22(21)28(30)31)27-12-3-7-20(27)19-8-9-23-24(17-19)33-16-4-15-32-23/h1-2,5-6,8-9,17-18,20H,3-4,7,10-16H2/t20-/m0/s1. The van der Waals surface area contributed by atoms with Crippen LogP contribution in [0.1, 0.15) is 43.7 Å². The second-order valence-electron chi connectivity index (χ2n) is 8.95. The van der Waals surface area contributed by atoms with Crippen molar-refractivity contribution in [2.45, 2.75) is 38.1 Å². The van der Waals surface area contributed by atoms with E-state index in [0.29, 0.717) is 44.8 Å². The molecule has 0 bridgehead atoms. The number of piperidine rings is 1. The smallest absolute Gasteiger partial charge is 0.292 e. The Hall–Kier alpha value is -3.29. The van der Waals surface area contributed by atoms with Crippen LogP contribution in [0, 0.1) is 16.0 Å². The number of para-hydroxylation sites is 2. The number of likely N-dealkylation sites (tertiary alicyclic amines) is 1. The molecule has 2 aromatic rings. The van der Waals surface area contributed by atoms with E-state index in [0.717, 1.165) is 42.9 Å². The monoisotopic (exact) mass is 451 g/mol. The van der Waals surface area contributed by atoms with Crippen molar-refractivity contribution in [2.24, 2.45) is 5.92 Å². The maximum atomic E-state index is 13.5. The van der Waals surface area contributed by atoms with Crippen LogP contribution in [0.25, 0.3) is 0 Å². The largest absolute Gasteiger partial charge is 0.490 e. The summed E-state index contributed by atoms with van der Waals surface area (Å²) in [6.07, 6.45) is 4.20. The molecule has 2 saturated heterocycles. The number of hydrogen-bond acceptors (Lipinski definition) is 6. The maximum absolute atomic E-state index is 13.5. The molecule has 1 amide bonds. The minimum atomic E-state index is -0.337. The van der Waals surface area contributed by atoms with Crippen molar-refractivity contribution < 1.29 is 19.2 Å². The Morgan fingerprint density at radius 1 is 0.939 bits per heavy atom. The zero-order valence-corrected chi connectivity index (χ0v) is 18.7. The molecule has 33 heavy (non-hydrogen) atoms. The van der Waals surface area contributed by atoms with Crippen LogP contribution in [0.2, 0.25) is 0 Å². The summed E-state index contributed by atoms with van der Waals surface area (Å²) < 4.78 is 11.6. The number of fused-ring (bicyclic) bond motifs is 1. The first-order valence-corrected chi connectivity index (χ1v) is 11.8. The second kappa shape index (κ2) is 9.29. The number of carbonyl (C=O) groups excluding carboxylic acids is 1. The molecule has 3 heterocycles. The number of nitro benzene ring substituents is 1. The minimum absolute atomic E-state index is 0.0509. The van der Waals surface area contributed by atoms with Gasteiger partial charge in [0.15, 0.2) is 11.5 Å². The van der Waals surface area contributed by atoms with Crippen LogP contribution in [0.15, 0.2) is 42.5 Å². The van der Waals surface area contributed by atoms with Gasteiger partial charge in [0.2, 0.25) is 5.91 Å². The van der Waals surface area contributed by atoms with Gasteiger partial charge in [0.05, 0.1) is 24.2 Å². The van der Waals surface area contributed by atoms with Crippen molar-refractivity contribution in [3.63, 3.8) is 0 Å². The molecule has 1 atom stereocenters. The zero-order valence-electron chi connectivity index (χ0n) is 18.7. The Labute approximate surface area is 193 Å². The molecule has 0 spiro atoms. The molecule has 0 unspecified atom stereocenters. The average molecular weight is 452 g/mol. The van der Waals surface area contributed by atoms with Crippen molar-refractivity contribution in [3.8, 4) is 11.5 Å². The molecule has 3 aliphatic heterocycles. The number of carbonyl (C=O) groups is 1. The van der Waals surface area contributed by atoms with Crippen LogP contribution in [-0.4, -0.2) is 48.6 Å². The molecular weight excluding hydrogens is 422 g/mol. The molecule has 174 valence electrons. The van der Waals surface area contributed by atoms with Gasteiger partial charge in [0.1, 0.15) is 5.69 Å². The van der Waals surface area contributed by atoms with Crippen molar-refractivity contribution in [1.29, 1.82) is 0 Å². The molecule has 0 aliphatic carbocycles. The number of nitro groups is 1. The Morgan fingerprint density at radius 3 is 2.48 bits per heavy atom. The summed E-state index contributed by atoms with van der Waals surface area (Å²) in [4.78, 5) is 28.6. The van der Waals surface area contributed by atoms with Crippen LogP contribution in [0.5, 0.6) is 11.5 Å². The van der Waals surface area contributed by atoms with Crippen molar-refractivity contribution >= 4 is 17.3 Å². The highest BCUT2D eigenvalue weighted by Gasteiger charge is 2.36. The fraction of sp³-hybridized carbons (Fsp3) is 0.480. The van der Waals surface area contributed by atoms with E-state index in [4.69, 9.17) is 9.47 Å². The molecule has 8 heteroatoms. The third-order valence-electron chi connectivity index (χ3n) is 6.96. The van der Waals surface area contributed by atoms with Gasteiger partial charge in [-0.05, 0) is 49.4 Å². The van der Waals surface area contributed by atoms with Gasteiger partial charge < -0.3 is 19.3 Å². The van der Waals surface area contributed by atoms with E-state index in [9.17, 15) is 14.9 Å². The van der Waals surface area contributed by atoms with E-state index in [1.165, 1.54) is 6.07 Å². The van der Waals surface area contributed by atoms with Gasteiger partial charge in [-0.15, -0.1) is 0 Å². The lowest BCUT2D eigenvalue weighted by Crippen LogP contribution is -2.42. The van der Waals surface area contributed by atoms with Gasteiger partial charge in [-0.2, -0.15) is 0 Å². The summed E-state index contributed by atoms with van der Waals surface area (Å²) in [6.45, 7) is 3.35. The van der Waals surface area contributed by atoms with Gasteiger partial charge in [0, 0.05) is 38.0 Å². The predicted molar refractivity (Wildman–Crippen MR) is 124 cm³/mol. The fourth-order valence-electron chi connectivity index (χ4n) is 5.25. The number of rotatable bonds is 4. The van der Waals surface area contributed by atoms with Crippen LogP contribution >= 0.6 is 0 Å². The Morgan fingerprint density at radius 2 is 1.70 bits per heavy atom. The minimum Gasteiger partial charge on any atom is -0.490 e. The molecule has 0 N–H and O–H groups in total. The Balaban J connectivity index is 1.27. The van der Waals surface area contributed by atoms with E-state index in [1.807, 2.05) is 28.0 Å². The van der Waals surface area contributed by atoms with Gasteiger partial charge >= 0.3 is 0 Å². The van der Waals surface area contributed by atoms with E-state index < -0.39 is 0 Å². The summed E-state index contributed by atoms with van der Waals surface area (Å²) >= 11 is 0. The van der Waals surface area contributed by atoms with E-state index in [1.54, 1.807) is 12.1 Å². The summed E-state index contributed by atoms with van der Waals surface area (Å²) in [5.74, 6) is 1.69. The second-order valence-corrected chi connectivity index (χ2v) is 8.95. The fourth-order valence-corrected chi connectivity index (χ4v) is 5.25. The Kier molecular flexibility index (Phi) is 6.07. The Bertz CT molecular complexity index is 1030. The lowest BCUT2D eigenvalue weighted by atomic mass is 9.93. The number of amides is 1. The SMILES string of the molecule is O=C(C1CCN(c2ccccc2[N+](=O)[O-])CC1)N1CCC[C@H]1c1ccc2c(c1)OCCCO2. The number of anilines is 1. The molecule has 0 saturated carbocycles. The highest BCUT2D eigenvalue weighted by Crippen LogP contribution is 2.39. The topological polar surface area (TPSA) is 85.2 Å². The molecule has 8 nitrogen and oxygen atoms in total. The molecule has 2 fully saturated rings. The van der Waals surface area contributed by atoms with E-state index in [-0.39, 0.29) is 28.5 Å². The predicted octanol–water partition coefficient (Wildman–Crippen LogP) is 4.34. The first-order chi connectivity index (χ1) is 16.1. The van der Waals surface area contributed by atoms with Gasteiger partial charge in [0.25, 0.3) is 5.69 Å².